The summed E-state index contributed by atoms with van der Waals surface area (Å²) in [5.74, 6) is 0. The van der Waals surface area contributed by atoms with Crippen molar-refractivity contribution in [2.75, 3.05) is 18.5 Å². The highest BCUT2D eigenvalue weighted by Crippen LogP contribution is 2.26. The van der Waals surface area contributed by atoms with Crippen molar-refractivity contribution in [2.24, 2.45) is 0 Å². The van der Waals surface area contributed by atoms with E-state index in [1.165, 1.54) is 12.1 Å². The molecule has 1 aromatic rings. The Kier molecular flexibility index (Phi) is 6.00. The molecule has 0 fully saturated rings. The first-order chi connectivity index (χ1) is 9.15. The molecule has 0 aliphatic rings. The first kappa shape index (κ1) is 17.4. The lowest BCUT2D eigenvalue weighted by Crippen LogP contribution is -2.27. The van der Waals surface area contributed by atoms with E-state index in [2.05, 4.69) is 4.72 Å². The Morgan fingerprint density at radius 3 is 2.55 bits per heavy atom. The molecule has 2 unspecified atom stereocenters. The van der Waals surface area contributed by atoms with E-state index in [4.69, 9.17) is 17.3 Å². The van der Waals surface area contributed by atoms with Crippen LogP contribution < -0.4 is 10.5 Å². The van der Waals surface area contributed by atoms with Gasteiger partial charge in [-0.2, -0.15) is 0 Å². The molecule has 0 saturated heterocycles. The number of nitrogens with two attached hydrogens (primary N) is 1. The lowest BCUT2D eigenvalue weighted by molar-refractivity contribution is 0.578. The number of nitrogens with one attached hydrogen (secondary N) is 1. The zero-order valence-corrected chi connectivity index (χ0v) is 14.0. The number of benzene rings is 1. The van der Waals surface area contributed by atoms with Gasteiger partial charge in [-0.05, 0) is 31.0 Å². The summed E-state index contributed by atoms with van der Waals surface area (Å²) in [5, 5.41) is 0.300. The van der Waals surface area contributed by atoms with Gasteiger partial charge in [0.1, 0.15) is 0 Å². The molecule has 0 spiro atoms. The topological polar surface area (TPSA) is 89.3 Å². The third-order valence-corrected chi connectivity index (χ3v) is 6.30. The largest absolute Gasteiger partial charge is 0.397 e. The number of hydrogen-bond donors (Lipinski definition) is 2. The average Bonchev–Trinajstić information content (AvgIpc) is 2.34. The van der Waals surface area contributed by atoms with Crippen molar-refractivity contribution in [2.45, 2.75) is 30.4 Å². The molecule has 0 heterocycles. The minimum atomic E-state index is -3.63. The molecule has 0 aliphatic carbocycles. The second-order valence-electron chi connectivity index (χ2n) is 4.64. The molecule has 0 aliphatic heterocycles. The number of hydrogen-bond acceptors (Lipinski definition) is 4. The van der Waals surface area contributed by atoms with Gasteiger partial charge in [0.2, 0.25) is 10.0 Å². The van der Waals surface area contributed by atoms with Gasteiger partial charge in [-0.15, -0.1) is 0 Å². The summed E-state index contributed by atoms with van der Waals surface area (Å²) < 4.78 is 37.9. The third kappa shape index (κ3) is 4.44. The van der Waals surface area contributed by atoms with Crippen LogP contribution in [0.3, 0.4) is 0 Å². The lowest BCUT2D eigenvalue weighted by atomic mass is 10.2. The summed E-state index contributed by atoms with van der Waals surface area (Å²) >= 11 is 5.91. The van der Waals surface area contributed by atoms with E-state index >= 15 is 0 Å². The van der Waals surface area contributed by atoms with E-state index < -0.39 is 20.8 Å². The van der Waals surface area contributed by atoms with E-state index in [1.54, 1.807) is 13.2 Å². The van der Waals surface area contributed by atoms with Gasteiger partial charge in [-0.25, -0.2) is 13.1 Å². The van der Waals surface area contributed by atoms with Crippen molar-refractivity contribution < 1.29 is 12.6 Å². The molecular formula is C12H19ClN2O3S2. The van der Waals surface area contributed by atoms with Gasteiger partial charge in [0.05, 0.1) is 15.6 Å². The Morgan fingerprint density at radius 1 is 1.45 bits per heavy atom. The average molecular weight is 339 g/mol. The summed E-state index contributed by atoms with van der Waals surface area (Å²) in [7, 11) is -4.60. The van der Waals surface area contributed by atoms with Crippen molar-refractivity contribution in [3.05, 3.63) is 22.7 Å². The molecule has 0 saturated carbocycles. The number of nitrogen functional groups attached to an aromatic ring is 1. The van der Waals surface area contributed by atoms with Crippen LogP contribution in [-0.2, 0) is 20.8 Å². The van der Waals surface area contributed by atoms with Crippen LogP contribution in [0.15, 0.2) is 17.0 Å². The molecule has 0 radical (unpaired) electrons. The molecule has 2 atom stereocenters. The standard InChI is InChI=1S/C12H19ClN2O3S2/c1-8-6-10(7-11(14)12(8)13)20(17,18)15-5-4-9(2)19(3)16/h6-7,9,15H,4-5,14H2,1-3H3. The Morgan fingerprint density at radius 2 is 2.05 bits per heavy atom. The maximum Gasteiger partial charge on any atom is 0.240 e. The first-order valence-electron chi connectivity index (χ1n) is 6.02. The zero-order valence-electron chi connectivity index (χ0n) is 11.6. The smallest absolute Gasteiger partial charge is 0.240 e. The van der Waals surface area contributed by atoms with E-state index in [9.17, 15) is 12.6 Å². The fraction of sp³-hybridized carbons (Fsp3) is 0.500. The monoisotopic (exact) mass is 338 g/mol. The van der Waals surface area contributed by atoms with Crippen LogP contribution >= 0.6 is 11.6 Å². The predicted octanol–water partition coefficient (Wildman–Crippen LogP) is 1.67. The zero-order chi connectivity index (χ0) is 15.5. The quantitative estimate of drug-likeness (QED) is 0.772. The first-order valence-corrected chi connectivity index (χ1v) is 9.51. The van der Waals surface area contributed by atoms with E-state index in [0.717, 1.165) is 0 Å². The molecule has 0 amide bonds. The van der Waals surface area contributed by atoms with Crippen molar-refractivity contribution in [1.82, 2.24) is 4.72 Å². The summed E-state index contributed by atoms with van der Waals surface area (Å²) in [5.41, 5.74) is 6.51. The van der Waals surface area contributed by atoms with Crippen molar-refractivity contribution in [1.29, 1.82) is 0 Å². The molecule has 0 bridgehead atoms. The van der Waals surface area contributed by atoms with Gasteiger partial charge < -0.3 is 5.73 Å². The Balaban J connectivity index is 2.82. The van der Waals surface area contributed by atoms with E-state index in [-0.39, 0.29) is 22.4 Å². The number of halogens is 1. The Bertz CT molecular complexity index is 594. The minimum absolute atomic E-state index is 0.0604. The van der Waals surface area contributed by atoms with Gasteiger partial charge in [0.25, 0.3) is 0 Å². The van der Waals surface area contributed by atoms with E-state index in [1.807, 2.05) is 6.92 Å². The number of rotatable bonds is 6. The summed E-state index contributed by atoms with van der Waals surface area (Å²) in [6.07, 6.45) is 2.10. The fourth-order valence-corrected chi connectivity index (χ4v) is 3.29. The predicted molar refractivity (Wildman–Crippen MR) is 83.9 cm³/mol. The summed E-state index contributed by atoms with van der Waals surface area (Å²) in [4.78, 5) is 0.0853. The van der Waals surface area contributed by atoms with Crippen LogP contribution in [-0.4, -0.2) is 30.7 Å². The van der Waals surface area contributed by atoms with Crippen LogP contribution in [0.1, 0.15) is 18.9 Å². The van der Waals surface area contributed by atoms with Crippen LogP contribution in [0, 0.1) is 6.92 Å². The van der Waals surface area contributed by atoms with Crippen LogP contribution in [0.25, 0.3) is 0 Å². The number of anilines is 1. The summed E-state index contributed by atoms with van der Waals surface area (Å²) in [6.45, 7) is 3.74. The fourth-order valence-electron chi connectivity index (χ4n) is 1.56. The van der Waals surface area contributed by atoms with Gasteiger partial charge in [-0.1, -0.05) is 18.5 Å². The van der Waals surface area contributed by atoms with Gasteiger partial charge in [-0.3, -0.25) is 4.21 Å². The molecule has 1 aromatic carbocycles. The van der Waals surface area contributed by atoms with Crippen molar-refractivity contribution in [3.8, 4) is 0 Å². The molecule has 8 heteroatoms. The molecular weight excluding hydrogens is 320 g/mol. The van der Waals surface area contributed by atoms with Crippen LogP contribution in [0.4, 0.5) is 5.69 Å². The Hall–Kier alpha value is -0.630. The molecule has 3 N–H and O–H groups in total. The maximum atomic E-state index is 12.1. The normalized spacial score (nSPS) is 15.0. The molecule has 1 rings (SSSR count). The second kappa shape index (κ2) is 6.89. The SMILES string of the molecule is Cc1cc(S(=O)(=O)NCCC(C)S(C)=O)cc(N)c1Cl. The maximum absolute atomic E-state index is 12.1. The highest BCUT2D eigenvalue weighted by atomic mass is 35.5. The molecule has 5 nitrogen and oxygen atoms in total. The number of aryl methyl sites for hydroxylation is 1. The highest BCUT2D eigenvalue weighted by molar-refractivity contribution is 7.89. The third-order valence-electron chi connectivity index (χ3n) is 2.98. The van der Waals surface area contributed by atoms with Crippen LogP contribution in [0.2, 0.25) is 5.02 Å². The summed E-state index contributed by atoms with van der Waals surface area (Å²) in [6, 6.07) is 2.81. The molecule has 114 valence electrons. The highest BCUT2D eigenvalue weighted by Gasteiger charge is 2.17. The van der Waals surface area contributed by atoms with Crippen LogP contribution in [0.5, 0.6) is 0 Å². The second-order valence-corrected chi connectivity index (χ2v) is 8.59. The number of sulfonamides is 1. The molecule has 20 heavy (non-hydrogen) atoms. The van der Waals surface area contributed by atoms with Crippen molar-refractivity contribution >= 4 is 38.1 Å². The van der Waals surface area contributed by atoms with Gasteiger partial charge in [0.15, 0.2) is 0 Å². The lowest BCUT2D eigenvalue weighted by Gasteiger charge is -2.11. The van der Waals surface area contributed by atoms with Gasteiger partial charge >= 0.3 is 0 Å². The van der Waals surface area contributed by atoms with Crippen molar-refractivity contribution in [3.63, 3.8) is 0 Å². The minimum Gasteiger partial charge on any atom is -0.397 e. The van der Waals surface area contributed by atoms with E-state index in [0.29, 0.717) is 17.0 Å². The van der Waals surface area contributed by atoms with Gasteiger partial charge in [0, 0.05) is 28.9 Å². The molecule has 0 aromatic heterocycles. The Labute approximate surface area is 127 Å².